The minimum absolute atomic E-state index is 0.283. The first-order valence-electron chi connectivity index (χ1n) is 13.3. The predicted octanol–water partition coefficient (Wildman–Crippen LogP) is 7.08. The van der Waals surface area contributed by atoms with Crippen LogP contribution < -0.4 is 10.1 Å². The molecular weight excluding hydrogens is 534 g/mol. The summed E-state index contributed by atoms with van der Waals surface area (Å²) < 4.78 is 5.80. The van der Waals surface area contributed by atoms with Gasteiger partial charge in [0.1, 0.15) is 24.0 Å². The van der Waals surface area contributed by atoms with Crippen LogP contribution in [0.4, 0.5) is 5.69 Å². The van der Waals surface area contributed by atoms with Gasteiger partial charge in [0.15, 0.2) is 5.78 Å². The highest BCUT2D eigenvalue weighted by Gasteiger charge is 2.24. The van der Waals surface area contributed by atoms with Crippen molar-refractivity contribution < 1.29 is 14.6 Å². The molecule has 204 valence electrons. The zero-order valence-electron chi connectivity index (χ0n) is 22.5. The molecule has 0 saturated heterocycles. The molecule has 7 heteroatoms. The Morgan fingerprint density at radius 1 is 1.00 bits per heavy atom. The summed E-state index contributed by atoms with van der Waals surface area (Å²) in [5, 5.41) is 24.5. The average Bonchev–Trinajstić information content (AvgIpc) is 3.01. The fourth-order valence-corrected chi connectivity index (χ4v) is 5.05. The zero-order valence-corrected chi connectivity index (χ0v) is 23.2. The van der Waals surface area contributed by atoms with Gasteiger partial charge in [-0.1, -0.05) is 84.4 Å². The molecule has 1 unspecified atom stereocenters. The van der Waals surface area contributed by atoms with Gasteiger partial charge in [-0.3, -0.25) is 4.79 Å². The summed E-state index contributed by atoms with van der Waals surface area (Å²) in [6.07, 6.45) is 0.332. The lowest BCUT2D eigenvalue weighted by Gasteiger charge is -2.22. The topological polar surface area (TPSA) is 95.2 Å². The molecule has 0 saturated carbocycles. The molecule has 0 amide bonds. The van der Waals surface area contributed by atoms with Gasteiger partial charge in [0.2, 0.25) is 0 Å². The smallest absolute Gasteiger partial charge is 0.180 e. The highest BCUT2D eigenvalue weighted by atomic mass is 35.5. The Bertz CT molecular complexity index is 1730. The maximum atomic E-state index is 12.9. The highest BCUT2D eigenvalue weighted by Crippen LogP contribution is 2.37. The average molecular weight is 562 g/mol. The number of nitriles is 1. The lowest BCUT2D eigenvalue weighted by molar-refractivity contribution is -0.122. The van der Waals surface area contributed by atoms with Gasteiger partial charge in [0.05, 0.1) is 29.5 Å². The molecule has 1 atom stereocenters. The van der Waals surface area contributed by atoms with Crippen molar-refractivity contribution >= 4 is 34.0 Å². The number of fused-ring (bicyclic) bond motifs is 1. The first kappa shape index (κ1) is 27.9. The molecule has 6 nitrogen and oxygen atoms in total. The Kier molecular flexibility index (Phi) is 8.59. The molecule has 4 aromatic carbocycles. The number of rotatable bonds is 10. The van der Waals surface area contributed by atoms with Gasteiger partial charge < -0.3 is 15.2 Å². The van der Waals surface area contributed by atoms with Crippen molar-refractivity contribution in [2.75, 3.05) is 18.5 Å². The van der Waals surface area contributed by atoms with Crippen molar-refractivity contribution in [2.45, 2.75) is 19.4 Å². The van der Waals surface area contributed by atoms with Gasteiger partial charge in [0.25, 0.3) is 0 Å². The number of nitrogens with zero attached hydrogens (tertiary/aromatic N) is 2. The van der Waals surface area contributed by atoms with Gasteiger partial charge in [-0.2, -0.15) is 5.26 Å². The number of Topliss-reactive ketones (excluding diaryl/α,β-unsaturated/α-hetero) is 1. The Balaban J connectivity index is 1.61. The molecule has 5 aromatic rings. The Hall–Kier alpha value is -4.70. The molecule has 0 bridgehead atoms. The molecule has 0 spiro atoms. The van der Waals surface area contributed by atoms with Crippen molar-refractivity contribution in [3.8, 4) is 34.2 Å². The monoisotopic (exact) mass is 561 g/mol. The van der Waals surface area contributed by atoms with Gasteiger partial charge >= 0.3 is 0 Å². The lowest BCUT2D eigenvalue weighted by Crippen LogP contribution is -2.34. The van der Waals surface area contributed by atoms with Crippen LogP contribution in [0.1, 0.15) is 18.1 Å². The van der Waals surface area contributed by atoms with E-state index >= 15 is 0 Å². The zero-order chi connectivity index (χ0) is 28.8. The van der Waals surface area contributed by atoms with E-state index < -0.39 is 12.6 Å². The summed E-state index contributed by atoms with van der Waals surface area (Å²) in [4.78, 5) is 17.7. The minimum atomic E-state index is -0.774. The second-order valence-electron chi connectivity index (χ2n) is 9.50. The molecule has 0 aliphatic rings. The molecule has 5 rings (SSSR count). The highest BCUT2D eigenvalue weighted by molar-refractivity contribution is 6.31. The summed E-state index contributed by atoms with van der Waals surface area (Å²) in [6, 6.07) is 32.0. The van der Waals surface area contributed by atoms with Gasteiger partial charge in [-0.05, 0) is 48.7 Å². The largest absolute Gasteiger partial charge is 0.493 e. The molecule has 41 heavy (non-hydrogen) atoms. The maximum absolute atomic E-state index is 12.9. The lowest BCUT2D eigenvalue weighted by atomic mass is 9.97. The van der Waals surface area contributed by atoms with Crippen molar-refractivity contribution in [3.05, 3.63) is 113 Å². The van der Waals surface area contributed by atoms with Crippen LogP contribution in [-0.2, 0) is 11.2 Å². The van der Waals surface area contributed by atoms with Crippen LogP contribution in [0, 0.1) is 11.3 Å². The van der Waals surface area contributed by atoms with E-state index in [-0.39, 0.29) is 11.3 Å². The number of benzene rings is 4. The third kappa shape index (κ3) is 6.07. The molecule has 1 heterocycles. The third-order valence-corrected chi connectivity index (χ3v) is 7.10. The molecule has 0 aliphatic heterocycles. The number of halogens is 1. The molecule has 0 radical (unpaired) electrons. The number of hydrogen-bond acceptors (Lipinski definition) is 6. The molecule has 2 N–H and O–H groups in total. The van der Waals surface area contributed by atoms with Crippen molar-refractivity contribution in [2.24, 2.45) is 0 Å². The summed E-state index contributed by atoms with van der Waals surface area (Å²) in [7, 11) is 0. The van der Waals surface area contributed by atoms with E-state index in [4.69, 9.17) is 21.3 Å². The summed E-state index contributed by atoms with van der Waals surface area (Å²) in [6.45, 7) is 1.88. The van der Waals surface area contributed by atoms with Gasteiger partial charge in [-0.15, -0.1) is 0 Å². The normalized spacial score (nSPS) is 11.6. The number of nitrogens with one attached hydrogen (secondary N) is 1. The standard InChI is InChI=1S/C34H28ClN3O3/c1-2-41-32-11-7-6-10-26(32)23-12-14-24(15-13-23)33-28(20-36)34(27-19-25(35)16-17-29(27)37-33)38-30(31(40)21-39)18-22-8-4-3-5-9-22/h3-17,19,30,39H,2,18,21H2,1H3,(H,37,38). The molecule has 1 aromatic heterocycles. The minimum Gasteiger partial charge on any atom is -0.493 e. The van der Waals surface area contributed by atoms with E-state index in [9.17, 15) is 15.2 Å². The summed E-state index contributed by atoms with van der Waals surface area (Å²) in [5.41, 5.74) is 5.43. The number of aromatic nitrogens is 1. The second kappa shape index (κ2) is 12.6. The Morgan fingerprint density at radius 3 is 2.41 bits per heavy atom. The molecule has 0 aliphatic carbocycles. The summed E-state index contributed by atoms with van der Waals surface area (Å²) >= 11 is 6.35. The fourth-order valence-electron chi connectivity index (χ4n) is 4.88. The van der Waals surface area contributed by atoms with Gasteiger partial charge in [-0.25, -0.2) is 4.98 Å². The number of carbonyl (C=O) groups is 1. The number of anilines is 1. The van der Waals surface area contributed by atoms with Crippen LogP contribution in [0.15, 0.2) is 97.1 Å². The number of carbonyl (C=O) groups excluding carboxylic acids is 1. The maximum Gasteiger partial charge on any atom is 0.180 e. The number of pyridine rings is 1. The summed E-state index contributed by atoms with van der Waals surface area (Å²) in [5.74, 6) is 0.411. The Labute approximate surface area is 243 Å². The number of ketones is 1. The van der Waals surface area contributed by atoms with Crippen molar-refractivity contribution in [1.29, 1.82) is 5.26 Å². The van der Waals surface area contributed by atoms with Crippen molar-refractivity contribution in [1.82, 2.24) is 4.98 Å². The van der Waals surface area contributed by atoms with E-state index in [1.165, 1.54) is 0 Å². The van der Waals surface area contributed by atoms with Crippen LogP contribution in [-0.4, -0.2) is 35.1 Å². The second-order valence-corrected chi connectivity index (χ2v) is 9.94. The van der Waals surface area contributed by atoms with Crippen LogP contribution in [0.2, 0.25) is 5.02 Å². The Morgan fingerprint density at radius 2 is 1.71 bits per heavy atom. The van der Waals surface area contributed by atoms with Crippen LogP contribution in [0.3, 0.4) is 0 Å². The van der Waals surface area contributed by atoms with Gasteiger partial charge in [0, 0.05) is 21.5 Å². The molecule has 0 fully saturated rings. The molecular formula is C34H28ClN3O3. The number of aliphatic hydroxyl groups excluding tert-OH is 1. The SMILES string of the molecule is CCOc1ccccc1-c1ccc(-c2nc3ccc(Cl)cc3c(NC(Cc3ccccc3)C(=O)CO)c2C#N)cc1. The third-order valence-electron chi connectivity index (χ3n) is 6.86. The first-order valence-corrected chi connectivity index (χ1v) is 13.7. The van der Waals surface area contributed by atoms with E-state index in [1.807, 2.05) is 85.8 Å². The van der Waals surface area contributed by atoms with E-state index in [2.05, 4.69) is 11.4 Å². The quantitative estimate of drug-likeness (QED) is 0.189. The van der Waals surface area contributed by atoms with Crippen molar-refractivity contribution in [3.63, 3.8) is 0 Å². The van der Waals surface area contributed by atoms with Crippen LogP contribution in [0.25, 0.3) is 33.3 Å². The van der Waals surface area contributed by atoms with E-state index in [0.717, 1.165) is 28.0 Å². The van der Waals surface area contributed by atoms with Crippen LogP contribution >= 0.6 is 11.6 Å². The van der Waals surface area contributed by atoms with E-state index in [1.54, 1.807) is 18.2 Å². The number of aliphatic hydroxyl groups is 1. The first-order chi connectivity index (χ1) is 20.0. The van der Waals surface area contributed by atoms with E-state index in [0.29, 0.717) is 40.3 Å². The number of ether oxygens (including phenoxy) is 1. The number of para-hydroxylation sites is 1. The fraction of sp³-hybridized carbons (Fsp3) is 0.147. The number of hydrogen-bond donors (Lipinski definition) is 2. The predicted molar refractivity (Wildman–Crippen MR) is 163 cm³/mol. The van der Waals surface area contributed by atoms with Crippen LogP contribution in [0.5, 0.6) is 5.75 Å².